The molecule has 5 nitrogen and oxygen atoms in total. The Morgan fingerprint density at radius 2 is 2.09 bits per heavy atom. The van der Waals surface area contributed by atoms with Gasteiger partial charge in [-0.25, -0.2) is 0 Å². The Morgan fingerprint density at radius 1 is 1.32 bits per heavy atom. The summed E-state index contributed by atoms with van der Waals surface area (Å²) in [5.41, 5.74) is 2.69. The third-order valence-electron chi connectivity index (χ3n) is 5.59. The predicted octanol–water partition coefficient (Wildman–Crippen LogP) is 1.95. The zero-order valence-electron chi connectivity index (χ0n) is 14.0. The molecule has 2 heterocycles. The average Bonchev–Trinajstić information content (AvgIpc) is 3.15. The quantitative estimate of drug-likeness (QED) is 0.873. The van der Waals surface area contributed by atoms with Crippen LogP contribution in [0.25, 0.3) is 0 Å². The molecule has 5 heteroatoms. The molecule has 1 saturated carbocycles. The molecule has 2 fully saturated rings. The number of nitrogens with zero attached hydrogens (tertiary/aromatic N) is 3. The van der Waals surface area contributed by atoms with Crippen LogP contribution in [-0.4, -0.2) is 64.4 Å². The average molecular weight is 306 g/mol. The van der Waals surface area contributed by atoms with Gasteiger partial charge in [0.05, 0.1) is 12.8 Å². The molecule has 1 saturated heterocycles. The van der Waals surface area contributed by atoms with E-state index in [0.29, 0.717) is 12.0 Å². The fourth-order valence-corrected chi connectivity index (χ4v) is 4.13. The molecule has 2 atom stereocenters. The number of aromatic amines is 1. The topological polar surface area (TPSA) is 55.4 Å². The summed E-state index contributed by atoms with van der Waals surface area (Å²) < 4.78 is 0. The molecule has 1 aromatic rings. The van der Waals surface area contributed by atoms with Crippen LogP contribution >= 0.6 is 0 Å². The smallest absolute Gasteiger partial charge is 0.0587 e. The largest absolute Gasteiger partial charge is 0.395 e. The number of aliphatic hydroxyl groups is 1. The maximum atomic E-state index is 9.70. The number of nitrogens with one attached hydrogen (secondary N) is 1. The maximum Gasteiger partial charge on any atom is 0.0587 e. The normalized spacial score (nSPS) is 27.8. The zero-order chi connectivity index (χ0) is 15.5. The summed E-state index contributed by atoms with van der Waals surface area (Å²) in [6, 6.07) is 0.823. The van der Waals surface area contributed by atoms with Gasteiger partial charge in [-0.15, -0.1) is 0 Å². The molecule has 2 aliphatic rings. The van der Waals surface area contributed by atoms with Gasteiger partial charge in [0.25, 0.3) is 0 Å². The van der Waals surface area contributed by atoms with Crippen molar-refractivity contribution in [2.75, 3.05) is 27.2 Å². The molecule has 1 aromatic heterocycles. The van der Waals surface area contributed by atoms with Crippen LogP contribution in [0.1, 0.15) is 55.7 Å². The molecule has 0 spiro atoms. The second kappa shape index (κ2) is 7.11. The Bertz CT molecular complexity index is 467. The number of likely N-dealkylation sites (tertiary alicyclic amines) is 1. The Balaban J connectivity index is 1.69. The van der Waals surface area contributed by atoms with E-state index in [9.17, 15) is 5.11 Å². The number of hydrogen-bond acceptors (Lipinski definition) is 4. The molecule has 3 rings (SSSR count). The minimum Gasteiger partial charge on any atom is -0.395 e. The molecule has 22 heavy (non-hydrogen) atoms. The second-order valence-electron chi connectivity index (χ2n) is 7.26. The molecule has 0 aromatic carbocycles. The van der Waals surface area contributed by atoms with Gasteiger partial charge < -0.3 is 10.0 Å². The first-order valence-electron chi connectivity index (χ1n) is 8.72. The lowest BCUT2D eigenvalue weighted by atomic mass is 9.85. The van der Waals surface area contributed by atoms with Gasteiger partial charge in [-0.2, -0.15) is 5.10 Å². The summed E-state index contributed by atoms with van der Waals surface area (Å²) in [5, 5.41) is 17.3. The van der Waals surface area contributed by atoms with E-state index in [1.165, 1.54) is 43.4 Å². The van der Waals surface area contributed by atoms with E-state index >= 15 is 0 Å². The van der Waals surface area contributed by atoms with Gasteiger partial charge in [-0.3, -0.25) is 10.00 Å². The predicted molar refractivity (Wildman–Crippen MR) is 87.8 cm³/mol. The van der Waals surface area contributed by atoms with Crippen LogP contribution in [0.4, 0.5) is 0 Å². The van der Waals surface area contributed by atoms with Gasteiger partial charge in [0.15, 0.2) is 0 Å². The van der Waals surface area contributed by atoms with Crippen molar-refractivity contribution in [3.63, 3.8) is 0 Å². The molecule has 0 amide bonds. The van der Waals surface area contributed by atoms with Crippen molar-refractivity contribution in [2.45, 2.75) is 63.1 Å². The van der Waals surface area contributed by atoms with Crippen LogP contribution in [0.5, 0.6) is 0 Å². The summed E-state index contributed by atoms with van der Waals surface area (Å²) in [5.74, 6) is 0.658. The summed E-state index contributed by atoms with van der Waals surface area (Å²) in [7, 11) is 4.27. The fourth-order valence-electron chi connectivity index (χ4n) is 4.13. The number of aliphatic hydroxyl groups excluding tert-OH is 1. The van der Waals surface area contributed by atoms with Crippen molar-refractivity contribution in [3.8, 4) is 0 Å². The van der Waals surface area contributed by atoms with Crippen molar-refractivity contribution in [3.05, 3.63) is 17.5 Å². The molecular weight excluding hydrogens is 276 g/mol. The van der Waals surface area contributed by atoms with Crippen LogP contribution in [0.2, 0.25) is 0 Å². The van der Waals surface area contributed by atoms with Gasteiger partial charge in [0, 0.05) is 42.3 Å². The van der Waals surface area contributed by atoms with E-state index in [4.69, 9.17) is 0 Å². The summed E-state index contributed by atoms with van der Waals surface area (Å²) in [4.78, 5) is 4.71. The van der Waals surface area contributed by atoms with Crippen LogP contribution in [0, 0.1) is 0 Å². The molecule has 2 N–H and O–H groups in total. The van der Waals surface area contributed by atoms with Crippen molar-refractivity contribution < 1.29 is 5.11 Å². The Hall–Kier alpha value is -0.910. The van der Waals surface area contributed by atoms with Crippen molar-refractivity contribution in [2.24, 2.45) is 0 Å². The molecule has 124 valence electrons. The Morgan fingerprint density at radius 3 is 2.77 bits per heavy atom. The molecule has 0 bridgehead atoms. The summed E-state index contributed by atoms with van der Waals surface area (Å²) in [6.45, 7) is 2.20. The van der Waals surface area contributed by atoms with Gasteiger partial charge in [-0.05, 0) is 33.4 Å². The summed E-state index contributed by atoms with van der Waals surface area (Å²) >= 11 is 0. The lowest BCUT2D eigenvalue weighted by Gasteiger charge is -2.25. The first-order chi connectivity index (χ1) is 10.7. The van der Waals surface area contributed by atoms with E-state index in [1.807, 2.05) is 6.20 Å². The SMILES string of the molecule is CN(C)[C@@H]1C[C@@H](CO)N(Cc2cn[nH]c2C2CCCCC2)C1. The van der Waals surface area contributed by atoms with Crippen molar-refractivity contribution in [1.29, 1.82) is 0 Å². The van der Waals surface area contributed by atoms with Crippen LogP contribution < -0.4 is 0 Å². The van der Waals surface area contributed by atoms with E-state index < -0.39 is 0 Å². The second-order valence-corrected chi connectivity index (χ2v) is 7.26. The fraction of sp³-hybridized carbons (Fsp3) is 0.824. The molecule has 0 unspecified atom stereocenters. The lowest BCUT2D eigenvalue weighted by Crippen LogP contribution is -2.33. The number of hydrogen-bond donors (Lipinski definition) is 2. The van der Waals surface area contributed by atoms with Gasteiger partial charge in [0.1, 0.15) is 0 Å². The van der Waals surface area contributed by atoms with Crippen molar-refractivity contribution >= 4 is 0 Å². The maximum absolute atomic E-state index is 9.70. The first kappa shape index (κ1) is 16.0. The minimum absolute atomic E-state index is 0.251. The van der Waals surface area contributed by atoms with Crippen molar-refractivity contribution in [1.82, 2.24) is 20.0 Å². The highest BCUT2D eigenvalue weighted by Gasteiger charge is 2.33. The zero-order valence-corrected chi connectivity index (χ0v) is 14.0. The van der Waals surface area contributed by atoms with Crippen LogP contribution in [0.3, 0.4) is 0 Å². The van der Waals surface area contributed by atoms with Crippen LogP contribution in [-0.2, 0) is 6.54 Å². The number of rotatable bonds is 5. The Labute approximate surface area is 133 Å². The number of likely N-dealkylation sites (N-methyl/N-ethyl adjacent to an activating group) is 1. The Kier molecular flexibility index (Phi) is 5.16. The minimum atomic E-state index is 0.251. The van der Waals surface area contributed by atoms with Gasteiger partial charge in [0.2, 0.25) is 0 Å². The monoisotopic (exact) mass is 306 g/mol. The standard InChI is InChI=1S/C17H30N4O/c1-20(2)15-8-16(12-22)21(11-15)10-14-9-18-19-17(14)13-6-4-3-5-7-13/h9,13,15-16,22H,3-8,10-12H2,1-2H3,(H,18,19)/t15-,16+/m1/s1. The highest BCUT2D eigenvalue weighted by molar-refractivity contribution is 5.21. The molecular formula is C17H30N4O. The lowest BCUT2D eigenvalue weighted by molar-refractivity contribution is 0.152. The van der Waals surface area contributed by atoms with E-state index in [1.54, 1.807) is 0 Å². The van der Waals surface area contributed by atoms with E-state index in [2.05, 4.69) is 34.1 Å². The highest BCUT2D eigenvalue weighted by atomic mass is 16.3. The first-order valence-corrected chi connectivity index (χ1v) is 8.72. The number of H-pyrrole nitrogens is 1. The molecule has 0 radical (unpaired) electrons. The third-order valence-corrected chi connectivity index (χ3v) is 5.59. The van der Waals surface area contributed by atoms with E-state index in [0.717, 1.165) is 19.5 Å². The van der Waals surface area contributed by atoms with Crippen LogP contribution in [0.15, 0.2) is 6.20 Å². The highest BCUT2D eigenvalue weighted by Crippen LogP contribution is 2.34. The summed E-state index contributed by atoms with van der Waals surface area (Å²) in [6.07, 6.45) is 9.70. The van der Waals surface area contributed by atoms with E-state index in [-0.39, 0.29) is 12.6 Å². The van der Waals surface area contributed by atoms with Gasteiger partial charge in [-0.1, -0.05) is 19.3 Å². The molecule has 1 aliphatic carbocycles. The molecule has 1 aliphatic heterocycles. The van der Waals surface area contributed by atoms with Gasteiger partial charge >= 0.3 is 0 Å². The number of aromatic nitrogens is 2. The third kappa shape index (κ3) is 3.36.